The van der Waals surface area contributed by atoms with E-state index in [4.69, 9.17) is 9.47 Å². The average Bonchev–Trinajstić information content (AvgIpc) is 2.92. The molecule has 0 fully saturated rings. The van der Waals surface area contributed by atoms with E-state index in [1.54, 1.807) is 7.11 Å². The van der Waals surface area contributed by atoms with Crippen LogP contribution in [0, 0.1) is 0 Å². The van der Waals surface area contributed by atoms with Crippen molar-refractivity contribution in [3.05, 3.63) is 18.2 Å². The smallest absolute Gasteiger partial charge is 0.239 e. The second-order valence-electron chi connectivity index (χ2n) is 4.71. The van der Waals surface area contributed by atoms with Crippen LogP contribution in [0.15, 0.2) is 18.2 Å². The molecule has 0 aliphatic heterocycles. The standard InChI is InChI=1S/C15H19BrN2O3S/c1-3-11(16)14(19)18-15-17-12-6-5-10(9-13(12)22-15)21-8-4-7-20-2/h5-6,9,11H,3-4,7-8H2,1-2H3,(H,17,18,19)/t11-/m1/s1. The predicted octanol–water partition coefficient (Wildman–Crippen LogP) is 3.82. The van der Waals surface area contributed by atoms with Gasteiger partial charge >= 0.3 is 0 Å². The molecule has 7 heteroatoms. The zero-order valence-electron chi connectivity index (χ0n) is 12.6. The number of carbonyl (C=O) groups is 1. The van der Waals surface area contributed by atoms with Crippen molar-refractivity contribution < 1.29 is 14.3 Å². The van der Waals surface area contributed by atoms with Crippen molar-refractivity contribution in [2.75, 3.05) is 25.6 Å². The molecule has 0 aliphatic rings. The van der Waals surface area contributed by atoms with Gasteiger partial charge in [0.2, 0.25) is 5.91 Å². The molecule has 0 saturated heterocycles. The molecule has 120 valence electrons. The van der Waals surface area contributed by atoms with Gasteiger partial charge in [0, 0.05) is 20.1 Å². The van der Waals surface area contributed by atoms with Gasteiger partial charge in [0.1, 0.15) is 5.75 Å². The molecule has 0 spiro atoms. The number of nitrogens with zero attached hydrogens (tertiary/aromatic N) is 1. The van der Waals surface area contributed by atoms with Crippen LogP contribution < -0.4 is 10.1 Å². The normalized spacial score (nSPS) is 12.3. The number of aromatic nitrogens is 1. The first kappa shape index (κ1) is 17.2. The van der Waals surface area contributed by atoms with Crippen molar-refractivity contribution >= 4 is 48.5 Å². The predicted molar refractivity (Wildman–Crippen MR) is 93.2 cm³/mol. The van der Waals surface area contributed by atoms with E-state index in [9.17, 15) is 4.79 Å². The number of alkyl halides is 1. The van der Waals surface area contributed by atoms with Gasteiger partial charge in [0.05, 0.1) is 21.7 Å². The lowest BCUT2D eigenvalue weighted by Gasteiger charge is -2.05. The average molecular weight is 387 g/mol. The molecule has 0 saturated carbocycles. The van der Waals surface area contributed by atoms with Gasteiger partial charge in [-0.15, -0.1) is 0 Å². The number of fused-ring (bicyclic) bond motifs is 1. The minimum atomic E-state index is -0.195. The van der Waals surface area contributed by atoms with Crippen molar-refractivity contribution in [1.82, 2.24) is 4.98 Å². The first-order valence-electron chi connectivity index (χ1n) is 7.11. The van der Waals surface area contributed by atoms with Crippen molar-refractivity contribution in [2.45, 2.75) is 24.6 Å². The van der Waals surface area contributed by atoms with E-state index in [-0.39, 0.29) is 10.7 Å². The Bertz CT molecular complexity index is 632. The summed E-state index contributed by atoms with van der Waals surface area (Å²) in [7, 11) is 1.68. The molecule has 0 bridgehead atoms. The van der Waals surface area contributed by atoms with Crippen LogP contribution in [-0.4, -0.2) is 36.0 Å². The van der Waals surface area contributed by atoms with Crippen LogP contribution in [0.4, 0.5) is 5.13 Å². The molecule has 5 nitrogen and oxygen atoms in total. The Hall–Kier alpha value is -1.18. The summed E-state index contributed by atoms with van der Waals surface area (Å²) in [6.45, 7) is 3.25. The van der Waals surface area contributed by atoms with Gasteiger partial charge in [-0.3, -0.25) is 4.79 Å². The second kappa shape index (κ2) is 8.45. The van der Waals surface area contributed by atoms with Crippen LogP contribution in [0.25, 0.3) is 10.2 Å². The summed E-state index contributed by atoms with van der Waals surface area (Å²) in [5.41, 5.74) is 0.854. The number of halogens is 1. The summed E-state index contributed by atoms with van der Waals surface area (Å²) >= 11 is 4.77. The van der Waals surface area contributed by atoms with Crippen molar-refractivity contribution in [2.24, 2.45) is 0 Å². The monoisotopic (exact) mass is 386 g/mol. The number of benzene rings is 1. The minimum absolute atomic E-state index is 0.0717. The van der Waals surface area contributed by atoms with E-state index < -0.39 is 0 Å². The van der Waals surface area contributed by atoms with Gasteiger partial charge in [-0.1, -0.05) is 34.2 Å². The van der Waals surface area contributed by atoms with Crippen LogP contribution in [0.2, 0.25) is 0 Å². The van der Waals surface area contributed by atoms with Gasteiger partial charge in [-0.2, -0.15) is 0 Å². The molecule has 1 amide bonds. The molecule has 0 unspecified atom stereocenters. The summed E-state index contributed by atoms with van der Waals surface area (Å²) in [6.07, 6.45) is 1.58. The lowest BCUT2D eigenvalue weighted by atomic mass is 10.3. The largest absolute Gasteiger partial charge is 0.493 e. The topological polar surface area (TPSA) is 60.5 Å². The lowest BCUT2D eigenvalue weighted by molar-refractivity contribution is -0.115. The number of hydrogen-bond acceptors (Lipinski definition) is 5. The highest BCUT2D eigenvalue weighted by Gasteiger charge is 2.14. The van der Waals surface area contributed by atoms with E-state index in [1.807, 2.05) is 25.1 Å². The third kappa shape index (κ3) is 4.66. The number of rotatable bonds is 8. The summed E-state index contributed by atoms with van der Waals surface area (Å²) < 4.78 is 11.6. The lowest BCUT2D eigenvalue weighted by Crippen LogP contribution is -2.21. The molecule has 0 aliphatic carbocycles. The number of hydrogen-bond donors (Lipinski definition) is 1. The molecule has 1 heterocycles. The zero-order chi connectivity index (χ0) is 15.9. The first-order valence-corrected chi connectivity index (χ1v) is 8.84. The van der Waals surface area contributed by atoms with E-state index in [0.29, 0.717) is 18.3 Å². The van der Waals surface area contributed by atoms with Gasteiger partial charge in [0.15, 0.2) is 5.13 Å². The zero-order valence-corrected chi connectivity index (χ0v) is 15.0. The fraction of sp³-hybridized carbons (Fsp3) is 0.467. The number of amides is 1. The van der Waals surface area contributed by atoms with Crippen LogP contribution in [-0.2, 0) is 9.53 Å². The van der Waals surface area contributed by atoms with Gasteiger partial charge in [-0.25, -0.2) is 4.98 Å². The van der Waals surface area contributed by atoms with Gasteiger partial charge in [-0.05, 0) is 24.6 Å². The fourth-order valence-electron chi connectivity index (χ4n) is 1.81. The molecule has 1 atom stereocenters. The molecule has 1 N–H and O–H groups in total. The van der Waals surface area contributed by atoms with E-state index in [2.05, 4.69) is 26.2 Å². The number of anilines is 1. The Morgan fingerprint density at radius 3 is 3.00 bits per heavy atom. The summed E-state index contributed by atoms with van der Waals surface area (Å²) in [6, 6.07) is 5.74. The van der Waals surface area contributed by atoms with Crippen molar-refractivity contribution in [1.29, 1.82) is 0 Å². The van der Waals surface area contributed by atoms with E-state index >= 15 is 0 Å². The Morgan fingerprint density at radius 2 is 2.27 bits per heavy atom. The van der Waals surface area contributed by atoms with E-state index in [0.717, 1.165) is 28.8 Å². The van der Waals surface area contributed by atoms with Crippen molar-refractivity contribution in [3.63, 3.8) is 0 Å². The Labute approximate surface area is 142 Å². The summed E-state index contributed by atoms with van der Waals surface area (Å²) in [4.78, 5) is 16.1. The highest BCUT2D eigenvalue weighted by atomic mass is 79.9. The molecule has 22 heavy (non-hydrogen) atoms. The highest BCUT2D eigenvalue weighted by Crippen LogP contribution is 2.29. The SMILES string of the molecule is CC[C@@H](Br)C(=O)Nc1nc2ccc(OCCCOC)cc2s1. The molecular weight excluding hydrogens is 368 g/mol. The van der Waals surface area contributed by atoms with Gasteiger partial charge < -0.3 is 14.8 Å². The minimum Gasteiger partial charge on any atom is -0.493 e. The summed E-state index contributed by atoms with van der Waals surface area (Å²) in [5, 5.41) is 3.43. The Balaban J connectivity index is 2.02. The second-order valence-corrected chi connectivity index (χ2v) is 6.84. The third-order valence-corrected chi connectivity index (χ3v) is 4.99. The molecule has 1 aromatic carbocycles. The quantitative estimate of drug-likeness (QED) is 0.553. The third-order valence-electron chi connectivity index (χ3n) is 2.99. The molecular formula is C15H19BrN2O3S. The van der Waals surface area contributed by atoms with Crippen LogP contribution in [0.3, 0.4) is 0 Å². The van der Waals surface area contributed by atoms with Crippen LogP contribution in [0.1, 0.15) is 19.8 Å². The molecule has 2 aromatic rings. The maximum absolute atomic E-state index is 11.9. The fourth-order valence-corrected chi connectivity index (χ4v) is 2.82. The van der Waals surface area contributed by atoms with Gasteiger partial charge in [0.25, 0.3) is 0 Å². The van der Waals surface area contributed by atoms with Crippen LogP contribution in [0.5, 0.6) is 5.75 Å². The number of nitrogens with one attached hydrogen (secondary N) is 1. The summed E-state index contributed by atoms with van der Waals surface area (Å²) in [5.74, 6) is 0.731. The van der Waals surface area contributed by atoms with Crippen molar-refractivity contribution in [3.8, 4) is 5.75 Å². The maximum atomic E-state index is 11.9. The van der Waals surface area contributed by atoms with E-state index in [1.165, 1.54) is 11.3 Å². The molecule has 2 rings (SSSR count). The molecule has 1 aromatic heterocycles. The first-order chi connectivity index (χ1) is 10.6. The number of ether oxygens (including phenoxy) is 2. The maximum Gasteiger partial charge on any atom is 0.239 e. The number of thiazole rings is 1. The van der Waals surface area contributed by atoms with Crippen LogP contribution >= 0.6 is 27.3 Å². The number of carbonyl (C=O) groups excluding carboxylic acids is 1. The number of methoxy groups -OCH3 is 1. The molecule has 0 radical (unpaired) electrons. The highest BCUT2D eigenvalue weighted by molar-refractivity contribution is 9.10. The Morgan fingerprint density at radius 1 is 1.45 bits per heavy atom. The Kier molecular flexibility index (Phi) is 6.60.